The summed E-state index contributed by atoms with van der Waals surface area (Å²) in [6, 6.07) is 0. The summed E-state index contributed by atoms with van der Waals surface area (Å²) in [7, 11) is -4.38. The molecule has 0 rings (SSSR count). The highest BCUT2D eigenvalue weighted by Crippen LogP contribution is 2.43. The average Bonchev–Trinajstić information content (AvgIpc) is 3.11. The molecule has 0 aromatic rings. The zero-order valence-corrected chi connectivity index (χ0v) is 33.0. The molecule has 0 heterocycles. The fourth-order valence-electron chi connectivity index (χ4n) is 4.99. The summed E-state index contributed by atoms with van der Waals surface area (Å²) in [6.45, 7) is 3.54. The molecular formula is C41H72NO8P. The average molecular weight is 738 g/mol. The number of carbonyl (C=O) groups excluding carboxylic acids is 2. The molecule has 0 aliphatic heterocycles. The second-order valence-corrected chi connectivity index (χ2v) is 14.2. The smallest absolute Gasteiger partial charge is 0.462 e. The Kier molecular flexibility index (Phi) is 35.8. The van der Waals surface area contributed by atoms with Crippen molar-refractivity contribution in [3.05, 3.63) is 60.8 Å². The van der Waals surface area contributed by atoms with E-state index < -0.39 is 32.5 Å². The molecule has 0 spiro atoms. The van der Waals surface area contributed by atoms with Gasteiger partial charge in [0.25, 0.3) is 0 Å². The Labute approximate surface area is 310 Å². The van der Waals surface area contributed by atoms with E-state index in [-0.39, 0.29) is 32.6 Å². The molecule has 0 saturated heterocycles. The van der Waals surface area contributed by atoms with Crippen molar-refractivity contribution in [2.75, 3.05) is 26.4 Å². The van der Waals surface area contributed by atoms with E-state index in [0.29, 0.717) is 12.8 Å². The largest absolute Gasteiger partial charge is 0.472 e. The van der Waals surface area contributed by atoms with Crippen molar-refractivity contribution < 1.29 is 37.6 Å². The van der Waals surface area contributed by atoms with Gasteiger partial charge in [0.15, 0.2) is 6.10 Å². The molecule has 0 aliphatic carbocycles. The lowest BCUT2D eigenvalue weighted by Crippen LogP contribution is -2.29. The molecule has 294 valence electrons. The van der Waals surface area contributed by atoms with E-state index >= 15 is 0 Å². The van der Waals surface area contributed by atoms with Crippen LogP contribution in [0.5, 0.6) is 0 Å². The molecule has 9 nitrogen and oxygen atoms in total. The van der Waals surface area contributed by atoms with Crippen molar-refractivity contribution in [1.82, 2.24) is 0 Å². The van der Waals surface area contributed by atoms with Crippen LogP contribution in [-0.4, -0.2) is 49.3 Å². The minimum absolute atomic E-state index is 0.0454. The molecular weight excluding hydrogens is 665 g/mol. The first-order valence-electron chi connectivity index (χ1n) is 19.8. The number of rotatable bonds is 36. The highest BCUT2D eigenvalue weighted by molar-refractivity contribution is 7.47. The van der Waals surface area contributed by atoms with Gasteiger partial charge in [-0.05, 0) is 70.6 Å². The predicted octanol–water partition coefficient (Wildman–Crippen LogP) is 10.9. The number of carbonyl (C=O) groups is 2. The van der Waals surface area contributed by atoms with Crippen LogP contribution < -0.4 is 5.73 Å². The monoisotopic (exact) mass is 737 g/mol. The Hall–Kier alpha value is -2.29. The number of hydrogen-bond donors (Lipinski definition) is 2. The summed E-state index contributed by atoms with van der Waals surface area (Å²) < 4.78 is 32.7. The lowest BCUT2D eigenvalue weighted by atomic mass is 10.1. The summed E-state index contributed by atoms with van der Waals surface area (Å²) >= 11 is 0. The molecule has 3 N–H and O–H groups in total. The molecule has 0 aromatic heterocycles. The Balaban J connectivity index is 4.28. The molecule has 0 fully saturated rings. The number of phosphoric ester groups is 1. The number of hydrogen-bond acceptors (Lipinski definition) is 8. The summed E-state index contributed by atoms with van der Waals surface area (Å²) in [6.07, 6.45) is 42.4. The van der Waals surface area contributed by atoms with Gasteiger partial charge >= 0.3 is 19.8 Å². The van der Waals surface area contributed by atoms with Gasteiger partial charge < -0.3 is 20.1 Å². The summed E-state index contributed by atoms with van der Waals surface area (Å²) in [5, 5.41) is 0. The third kappa shape index (κ3) is 37.3. The van der Waals surface area contributed by atoms with Crippen molar-refractivity contribution in [3.63, 3.8) is 0 Å². The lowest BCUT2D eigenvalue weighted by Gasteiger charge is -2.19. The second kappa shape index (κ2) is 37.5. The normalized spacial score (nSPS) is 14.0. The summed E-state index contributed by atoms with van der Waals surface area (Å²) in [5.41, 5.74) is 5.33. The van der Waals surface area contributed by atoms with E-state index in [2.05, 4.69) is 74.6 Å². The molecule has 0 bridgehead atoms. The number of nitrogens with two attached hydrogens (primary N) is 1. The molecule has 0 aromatic carbocycles. The Morgan fingerprint density at radius 2 is 1.14 bits per heavy atom. The Morgan fingerprint density at radius 3 is 1.73 bits per heavy atom. The fraction of sp³-hybridized carbons (Fsp3) is 0.707. The van der Waals surface area contributed by atoms with E-state index in [0.717, 1.165) is 89.9 Å². The van der Waals surface area contributed by atoms with Gasteiger partial charge in [-0.1, -0.05) is 132 Å². The molecule has 10 heteroatoms. The topological polar surface area (TPSA) is 134 Å². The number of unbranched alkanes of at least 4 members (excludes halogenated alkanes) is 14. The zero-order valence-electron chi connectivity index (χ0n) is 32.1. The molecule has 2 atom stereocenters. The number of phosphoric acid groups is 1. The summed E-state index contributed by atoms with van der Waals surface area (Å²) in [4.78, 5) is 34.8. The van der Waals surface area contributed by atoms with Crippen molar-refractivity contribution in [2.24, 2.45) is 5.73 Å². The van der Waals surface area contributed by atoms with Crippen LogP contribution in [0.25, 0.3) is 0 Å². The van der Waals surface area contributed by atoms with E-state index in [9.17, 15) is 19.0 Å². The van der Waals surface area contributed by atoms with Crippen LogP contribution in [0.15, 0.2) is 60.8 Å². The van der Waals surface area contributed by atoms with Crippen LogP contribution in [0.3, 0.4) is 0 Å². The fourth-order valence-corrected chi connectivity index (χ4v) is 5.76. The van der Waals surface area contributed by atoms with Crippen LogP contribution in [-0.2, 0) is 32.7 Å². The highest BCUT2D eigenvalue weighted by Gasteiger charge is 2.25. The predicted molar refractivity (Wildman–Crippen MR) is 210 cm³/mol. The third-order valence-electron chi connectivity index (χ3n) is 7.92. The highest BCUT2D eigenvalue weighted by atomic mass is 31.2. The Bertz CT molecular complexity index is 1020. The van der Waals surface area contributed by atoms with Gasteiger partial charge in [-0.2, -0.15) is 0 Å². The maximum Gasteiger partial charge on any atom is 0.472 e. The van der Waals surface area contributed by atoms with E-state index in [1.165, 1.54) is 25.7 Å². The van der Waals surface area contributed by atoms with Crippen molar-refractivity contribution in [3.8, 4) is 0 Å². The lowest BCUT2D eigenvalue weighted by molar-refractivity contribution is -0.161. The molecule has 0 saturated carbocycles. The van der Waals surface area contributed by atoms with Crippen LogP contribution in [0.1, 0.15) is 155 Å². The van der Waals surface area contributed by atoms with Gasteiger partial charge in [0.05, 0.1) is 13.2 Å². The third-order valence-corrected chi connectivity index (χ3v) is 8.90. The van der Waals surface area contributed by atoms with Crippen LogP contribution in [0.2, 0.25) is 0 Å². The van der Waals surface area contributed by atoms with Crippen LogP contribution >= 0.6 is 7.82 Å². The molecule has 0 amide bonds. The maximum atomic E-state index is 12.5. The van der Waals surface area contributed by atoms with Gasteiger partial charge in [0, 0.05) is 19.4 Å². The van der Waals surface area contributed by atoms with E-state index in [1.54, 1.807) is 0 Å². The number of ether oxygens (including phenoxy) is 2. The minimum Gasteiger partial charge on any atom is -0.462 e. The van der Waals surface area contributed by atoms with Crippen molar-refractivity contribution in [1.29, 1.82) is 0 Å². The quantitative estimate of drug-likeness (QED) is 0.0212. The maximum absolute atomic E-state index is 12.5. The van der Waals surface area contributed by atoms with Crippen molar-refractivity contribution in [2.45, 2.75) is 161 Å². The van der Waals surface area contributed by atoms with Gasteiger partial charge in [-0.25, -0.2) is 4.57 Å². The molecule has 0 radical (unpaired) electrons. The second-order valence-electron chi connectivity index (χ2n) is 12.8. The van der Waals surface area contributed by atoms with E-state index in [1.807, 2.05) is 0 Å². The standard InChI is InChI=1S/C41H72NO8P/c1-3-5-7-9-11-13-15-17-19-21-23-25-27-29-31-33-40(43)47-37-39(38-49-51(45,46)48-36-35-42)50-41(44)34-32-30-28-26-24-22-20-18-16-14-12-10-8-6-4-2/h5,7,11,13-14,16-20,39H,3-4,6,8-10,12,15,21-38,42H2,1-2H3,(H,45,46)/b7-5+,13-11+,16-14+,19-17+,20-18+/t39-/m1/s1. The minimum atomic E-state index is -4.38. The van der Waals surface area contributed by atoms with Crippen LogP contribution in [0, 0.1) is 0 Å². The first-order chi connectivity index (χ1) is 24.8. The van der Waals surface area contributed by atoms with Gasteiger partial charge in [0.1, 0.15) is 6.61 Å². The number of allylic oxidation sites excluding steroid dienone is 10. The van der Waals surface area contributed by atoms with Crippen molar-refractivity contribution >= 4 is 19.8 Å². The SMILES string of the molecule is CC/C=C/C/C=C/C/C=C/CCCCCCCC(=O)OC[C@H](COP(=O)(O)OCCN)OC(=O)CCCCCCC/C=C/C=C/CCCCCC. The van der Waals surface area contributed by atoms with Gasteiger partial charge in [-0.15, -0.1) is 0 Å². The molecule has 0 aliphatic rings. The molecule has 1 unspecified atom stereocenters. The van der Waals surface area contributed by atoms with E-state index in [4.69, 9.17) is 24.3 Å². The van der Waals surface area contributed by atoms with Gasteiger partial charge in [-0.3, -0.25) is 18.6 Å². The summed E-state index contributed by atoms with van der Waals surface area (Å²) in [5.74, 6) is -0.872. The first kappa shape index (κ1) is 48.7. The van der Waals surface area contributed by atoms with Crippen LogP contribution in [0.4, 0.5) is 0 Å². The number of esters is 2. The first-order valence-corrected chi connectivity index (χ1v) is 21.3. The zero-order chi connectivity index (χ0) is 37.5. The van der Waals surface area contributed by atoms with Gasteiger partial charge in [0.2, 0.25) is 0 Å². The Morgan fingerprint density at radius 1 is 0.627 bits per heavy atom. The molecule has 51 heavy (non-hydrogen) atoms.